The summed E-state index contributed by atoms with van der Waals surface area (Å²) in [6.07, 6.45) is -5.36. The highest BCUT2D eigenvalue weighted by Gasteiger charge is 2.44. The number of likely N-dealkylation sites (N-methyl/N-ethyl adjacent to an activating group) is 1. The van der Waals surface area contributed by atoms with Crippen LogP contribution in [-0.4, -0.2) is 60.1 Å². The molecule has 0 saturated carbocycles. The van der Waals surface area contributed by atoms with Crippen molar-refractivity contribution >= 4 is 39.9 Å². The van der Waals surface area contributed by atoms with Gasteiger partial charge >= 0.3 is 12.1 Å². The van der Waals surface area contributed by atoms with Crippen molar-refractivity contribution in [1.29, 1.82) is 5.26 Å². The fourth-order valence-corrected chi connectivity index (χ4v) is 5.55. The number of ether oxygens (including phenoxy) is 1. The molecule has 5 rings (SSSR count). The molecule has 0 spiro atoms. The number of benzene rings is 2. The lowest BCUT2D eigenvalue weighted by Crippen LogP contribution is -2.38. The van der Waals surface area contributed by atoms with Gasteiger partial charge in [-0.2, -0.15) is 18.4 Å². The molecule has 0 radical (unpaired) electrons. The number of thiazole rings is 1. The Morgan fingerprint density at radius 2 is 1.93 bits per heavy atom. The van der Waals surface area contributed by atoms with Crippen molar-refractivity contribution in [3.05, 3.63) is 70.2 Å². The van der Waals surface area contributed by atoms with Crippen LogP contribution >= 0.6 is 11.3 Å². The largest absolute Gasteiger partial charge is 0.493 e. The van der Waals surface area contributed by atoms with Gasteiger partial charge in [0.05, 0.1) is 17.3 Å². The number of hydrogen-bond acceptors (Lipinski definition) is 9. The average Bonchev–Trinajstić information content (AvgIpc) is 3.53. The SMILES string of the molecule is CN1CCc2nc(N(OC(=O)C(F)(F)F)C(=O)c3cccc(O[C@@H]4CCN(c5ccc(C#N)cc5)C4=O)c3)sc2C1. The molecule has 1 aromatic heterocycles. The Morgan fingerprint density at radius 3 is 2.63 bits per heavy atom. The van der Waals surface area contributed by atoms with E-state index < -0.39 is 24.2 Å². The number of rotatable bonds is 5. The van der Waals surface area contributed by atoms with Gasteiger partial charge in [-0.3, -0.25) is 9.59 Å². The molecule has 1 atom stereocenters. The zero-order valence-corrected chi connectivity index (χ0v) is 22.4. The maximum Gasteiger partial charge on any atom is 0.493 e. The zero-order chi connectivity index (χ0) is 29.3. The van der Waals surface area contributed by atoms with Crippen molar-refractivity contribution < 1.29 is 37.1 Å². The highest BCUT2D eigenvalue weighted by molar-refractivity contribution is 7.15. The van der Waals surface area contributed by atoms with E-state index in [4.69, 9.17) is 10.00 Å². The van der Waals surface area contributed by atoms with Gasteiger partial charge in [-0.05, 0) is 49.5 Å². The summed E-state index contributed by atoms with van der Waals surface area (Å²) >= 11 is 0.962. The third kappa shape index (κ3) is 6.01. The summed E-state index contributed by atoms with van der Waals surface area (Å²) in [4.78, 5) is 51.2. The molecular formula is C27H22F3N5O5S. The molecular weight excluding hydrogens is 563 g/mol. The van der Waals surface area contributed by atoms with Crippen LogP contribution in [0.25, 0.3) is 0 Å². The van der Waals surface area contributed by atoms with E-state index in [-0.39, 0.29) is 27.4 Å². The number of hydrogen-bond donors (Lipinski definition) is 0. The first-order chi connectivity index (χ1) is 19.5. The van der Waals surface area contributed by atoms with Crippen molar-refractivity contribution in [1.82, 2.24) is 9.88 Å². The molecule has 3 heterocycles. The Morgan fingerprint density at radius 1 is 1.17 bits per heavy atom. The van der Waals surface area contributed by atoms with Crippen molar-refractivity contribution in [2.75, 3.05) is 30.1 Å². The normalized spacial score (nSPS) is 17.1. The molecule has 41 heavy (non-hydrogen) atoms. The van der Waals surface area contributed by atoms with Crippen molar-refractivity contribution in [2.45, 2.75) is 31.7 Å². The van der Waals surface area contributed by atoms with Crippen molar-refractivity contribution in [3.63, 3.8) is 0 Å². The van der Waals surface area contributed by atoms with Crippen LogP contribution in [0, 0.1) is 11.3 Å². The summed E-state index contributed by atoms with van der Waals surface area (Å²) in [6.45, 7) is 1.52. The Bertz CT molecular complexity index is 1540. The van der Waals surface area contributed by atoms with Crippen LogP contribution in [0.2, 0.25) is 0 Å². The molecule has 10 nitrogen and oxygen atoms in total. The fraction of sp³-hybridized carbons (Fsp3) is 0.296. The van der Waals surface area contributed by atoms with Crippen LogP contribution in [0.15, 0.2) is 48.5 Å². The number of halogens is 3. The highest BCUT2D eigenvalue weighted by atomic mass is 32.1. The Labute approximate surface area is 236 Å². The quantitative estimate of drug-likeness (QED) is 0.415. The van der Waals surface area contributed by atoms with Gasteiger partial charge in [0.15, 0.2) is 6.10 Å². The van der Waals surface area contributed by atoms with E-state index in [1.165, 1.54) is 29.2 Å². The Kier molecular flexibility index (Phi) is 7.65. The molecule has 3 aromatic rings. The summed E-state index contributed by atoms with van der Waals surface area (Å²) in [6, 6.07) is 14.0. The lowest BCUT2D eigenvalue weighted by molar-refractivity contribution is -0.199. The minimum absolute atomic E-state index is 0.123. The third-order valence-corrected chi connectivity index (χ3v) is 7.55. The summed E-state index contributed by atoms with van der Waals surface area (Å²) < 4.78 is 45.1. The lowest BCUT2D eigenvalue weighted by atomic mass is 10.2. The summed E-state index contributed by atoms with van der Waals surface area (Å²) in [5.74, 6) is -3.84. The van der Waals surface area contributed by atoms with Crippen LogP contribution in [0.5, 0.6) is 5.75 Å². The van der Waals surface area contributed by atoms with E-state index in [1.54, 1.807) is 24.3 Å². The van der Waals surface area contributed by atoms with Gasteiger partial charge in [0, 0.05) is 48.6 Å². The molecule has 1 fully saturated rings. The second kappa shape index (κ2) is 11.2. The number of alkyl halides is 3. The first-order valence-corrected chi connectivity index (χ1v) is 13.2. The van der Waals surface area contributed by atoms with Crippen molar-refractivity contribution in [3.8, 4) is 11.8 Å². The second-order valence-electron chi connectivity index (χ2n) is 9.40. The maximum atomic E-state index is 13.4. The topological polar surface area (TPSA) is 116 Å². The van der Waals surface area contributed by atoms with E-state index in [0.29, 0.717) is 49.4 Å². The maximum absolute atomic E-state index is 13.4. The van der Waals surface area contributed by atoms with Gasteiger partial charge < -0.3 is 19.4 Å². The Hall–Kier alpha value is -4.48. The molecule has 2 aromatic carbocycles. The Balaban J connectivity index is 1.36. The molecule has 2 aliphatic rings. The monoisotopic (exact) mass is 585 g/mol. The van der Waals surface area contributed by atoms with Gasteiger partial charge in [0.25, 0.3) is 11.8 Å². The number of hydroxylamine groups is 1. The van der Waals surface area contributed by atoms with E-state index in [1.807, 2.05) is 18.0 Å². The van der Waals surface area contributed by atoms with E-state index >= 15 is 0 Å². The van der Waals surface area contributed by atoms with Gasteiger partial charge in [-0.1, -0.05) is 17.4 Å². The number of aromatic nitrogens is 1. The molecule has 1 saturated heterocycles. The molecule has 2 amide bonds. The number of carbonyl (C=O) groups excluding carboxylic acids is 3. The summed E-state index contributed by atoms with van der Waals surface area (Å²) in [5.41, 5.74) is 1.53. The van der Waals surface area contributed by atoms with E-state index in [2.05, 4.69) is 9.82 Å². The molecule has 14 heteroatoms. The lowest BCUT2D eigenvalue weighted by Gasteiger charge is -2.20. The summed E-state index contributed by atoms with van der Waals surface area (Å²) in [5, 5.41) is 9.03. The first-order valence-electron chi connectivity index (χ1n) is 12.4. The van der Waals surface area contributed by atoms with Gasteiger partial charge in [-0.25, -0.2) is 9.78 Å². The van der Waals surface area contributed by atoms with Crippen LogP contribution in [-0.2, 0) is 27.4 Å². The van der Waals surface area contributed by atoms with Crippen LogP contribution in [0.3, 0.4) is 0 Å². The zero-order valence-electron chi connectivity index (χ0n) is 21.6. The number of amides is 2. The predicted molar refractivity (Wildman–Crippen MR) is 140 cm³/mol. The number of fused-ring (bicyclic) bond motifs is 1. The molecule has 212 valence electrons. The number of carbonyl (C=O) groups is 3. The third-order valence-electron chi connectivity index (χ3n) is 6.50. The predicted octanol–water partition coefficient (Wildman–Crippen LogP) is 3.85. The molecule has 0 bridgehead atoms. The molecule has 0 aliphatic carbocycles. The molecule has 0 unspecified atom stereocenters. The van der Waals surface area contributed by atoms with Crippen LogP contribution in [0.1, 0.15) is 32.9 Å². The number of nitriles is 1. The van der Waals surface area contributed by atoms with Crippen LogP contribution < -0.4 is 14.7 Å². The van der Waals surface area contributed by atoms with E-state index in [9.17, 15) is 27.6 Å². The van der Waals surface area contributed by atoms with Gasteiger partial charge in [-0.15, -0.1) is 5.06 Å². The summed E-state index contributed by atoms with van der Waals surface area (Å²) in [7, 11) is 1.87. The van der Waals surface area contributed by atoms with Gasteiger partial charge in [0.2, 0.25) is 5.13 Å². The van der Waals surface area contributed by atoms with Crippen LogP contribution in [0.4, 0.5) is 24.0 Å². The molecule has 2 aliphatic heterocycles. The average molecular weight is 586 g/mol. The number of nitrogens with zero attached hydrogens (tertiary/aromatic N) is 5. The van der Waals surface area contributed by atoms with Gasteiger partial charge in [0.1, 0.15) is 5.75 Å². The smallest absolute Gasteiger partial charge is 0.480 e. The minimum atomic E-state index is -5.34. The number of anilines is 2. The highest BCUT2D eigenvalue weighted by Crippen LogP contribution is 2.33. The van der Waals surface area contributed by atoms with E-state index in [0.717, 1.165) is 16.2 Å². The van der Waals surface area contributed by atoms with Crippen molar-refractivity contribution in [2.24, 2.45) is 0 Å². The fourth-order valence-electron chi connectivity index (χ4n) is 4.42. The minimum Gasteiger partial charge on any atom is -0.480 e. The second-order valence-corrected chi connectivity index (χ2v) is 10.5. The standard InChI is InChI=1S/C27H22F3N5O5S/c1-33-11-9-20-22(15-33)41-26(32-20)35(40-25(38)27(28,29)30)23(36)17-3-2-4-19(13-17)39-21-10-12-34(24(21)37)18-7-5-16(14-31)6-8-18/h2-8,13,21H,9-12,15H2,1H3/t21-/m1/s1. The first kappa shape index (κ1) is 28.1. The molecule has 0 N–H and O–H groups in total.